The maximum absolute atomic E-state index is 6.43. The Balaban J connectivity index is 1.76. The topological polar surface area (TPSA) is 18.5 Å². The fourth-order valence-corrected chi connectivity index (χ4v) is 4.59. The molecule has 1 aliphatic heterocycles. The SMILES string of the molecule is C=C/C=C/CCO[C@@]12OCC[C@H]3C=CC[C@@H](CC[C@@H]1C)[C@@H]32. The molecule has 0 radical (unpaired) electrons. The molecule has 0 aromatic heterocycles. The van der Waals surface area contributed by atoms with Crippen LogP contribution in [-0.4, -0.2) is 19.0 Å². The van der Waals surface area contributed by atoms with Gasteiger partial charge in [0.05, 0.1) is 13.2 Å². The fourth-order valence-electron chi connectivity index (χ4n) is 4.59. The van der Waals surface area contributed by atoms with Gasteiger partial charge in [-0.15, -0.1) is 0 Å². The van der Waals surface area contributed by atoms with E-state index < -0.39 is 0 Å². The molecule has 116 valence electrons. The van der Waals surface area contributed by atoms with Gasteiger partial charge in [-0.3, -0.25) is 0 Å². The lowest BCUT2D eigenvalue weighted by molar-refractivity contribution is -0.338. The summed E-state index contributed by atoms with van der Waals surface area (Å²) in [6.45, 7) is 7.60. The summed E-state index contributed by atoms with van der Waals surface area (Å²) in [7, 11) is 0. The number of ether oxygens (including phenoxy) is 2. The molecule has 5 atom stereocenters. The summed E-state index contributed by atoms with van der Waals surface area (Å²) >= 11 is 0. The molecule has 0 aromatic rings. The Morgan fingerprint density at radius 1 is 1.38 bits per heavy atom. The lowest BCUT2D eigenvalue weighted by Gasteiger charge is -2.56. The van der Waals surface area contributed by atoms with Gasteiger partial charge in [-0.25, -0.2) is 0 Å². The van der Waals surface area contributed by atoms with Crippen LogP contribution in [0.1, 0.15) is 39.0 Å². The summed E-state index contributed by atoms with van der Waals surface area (Å²) in [4.78, 5) is 0. The minimum Gasteiger partial charge on any atom is -0.349 e. The highest BCUT2D eigenvalue weighted by atomic mass is 16.7. The van der Waals surface area contributed by atoms with Crippen molar-refractivity contribution in [2.45, 2.75) is 44.8 Å². The number of allylic oxidation sites excluding steroid dienone is 4. The minimum atomic E-state index is -0.335. The highest BCUT2D eigenvalue weighted by molar-refractivity contribution is 5.09. The summed E-state index contributed by atoms with van der Waals surface area (Å²) < 4.78 is 12.8. The van der Waals surface area contributed by atoms with Crippen LogP contribution in [0.3, 0.4) is 0 Å². The van der Waals surface area contributed by atoms with Crippen LogP contribution in [0.2, 0.25) is 0 Å². The monoisotopic (exact) mass is 288 g/mol. The van der Waals surface area contributed by atoms with Gasteiger partial charge in [0, 0.05) is 11.8 Å². The van der Waals surface area contributed by atoms with E-state index >= 15 is 0 Å². The van der Waals surface area contributed by atoms with E-state index in [1.165, 1.54) is 19.3 Å². The van der Waals surface area contributed by atoms with Crippen LogP contribution in [0.15, 0.2) is 37.0 Å². The molecular formula is C19H28O2. The van der Waals surface area contributed by atoms with Crippen LogP contribution in [0, 0.1) is 23.7 Å². The summed E-state index contributed by atoms with van der Waals surface area (Å²) in [5, 5.41) is 0. The maximum Gasteiger partial charge on any atom is 0.174 e. The fraction of sp³-hybridized carbons (Fsp3) is 0.684. The lowest BCUT2D eigenvalue weighted by atomic mass is 9.60. The van der Waals surface area contributed by atoms with Crippen molar-refractivity contribution in [2.24, 2.45) is 23.7 Å². The predicted molar refractivity (Wildman–Crippen MR) is 85.8 cm³/mol. The molecule has 3 aliphatic rings. The van der Waals surface area contributed by atoms with Gasteiger partial charge in [-0.2, -0.15) is 0 Å². The molecule has 0 unspecified atom stereocenters. The van der Waals surface area contributed by atoms with Gasteiger partial charge in [-0.05, 0) is 43.9 Å². The average molecular weight is 288 g/mol. The summed E-state index contributed by atoms with van der Waals surface area (Å²) in [6, 6.07) is 0. The second-order valence-corrected chi connectivity index (χ2v) is 6.75. The third-order valence-electron chi connectivity index (χ3n) is 5.58. The smallest absolute Gasteiger partial charge is 0.174 e. The molecule has 3 rings (SSSR count). The van der Waals surface area contributed by atoms with Crippen LogP contribution in [0.4, 0.5) is 0 Å². The zero-order chi connectivity index (χ0) is 14.7. The van der Waals surface area contributed by atoms with Crippen molar-refractivity contribution in [2.75, 3.05) is 13.2 Å². The zero-order valence-electron chi connectivity index (χ0n) is 13.2. The lowest BCUT2D eigenvalue weighted by Crippen LogP contribution is -2.60. The Kier molecular flexibility index (Phi) is 4.66. The molecule has 21 heavy (non-hydrogen) atoms. The molecule has 1 saturated carbocycles. The second kappa shape index (κ2) is 6.50. The normalized spacial score (nSPS) is 42.0. The molecule has 2 heteroatoms. The van der Waals surface area contributed by atoms with E-state index in [2.05, 4.69) is 31.7 Å². The van der Waals surface area contributed by atoms with E-state index in [1.807, 2.05) is 12.2 Å². The highest BCUT2D eigenvalue weighted by Gasteiger charge is 2.56. The van der Waals surface area contributed by atoms with Gasteiger partial charge in [0.15, 0.2) is 5.79 Å². The standard InChI is InChI=1S/C19H28O2/c1-3-4-5-6-13-20-19-15(2)10-11-16-8-7-9-17(18(16)19)12-14-21-19/h3-5,7,9,15-18H,1,6,8,10-14H2,2H3/b5-4+/t15-,16-,17+,18-,19+/m0/s1. The van der Waals surface area contributed by atoms with Gasteiger partial charge in [-0.1, -0.05) is 43.9 Å². The molecule has 1 heterocycles. The van der Waals surface area contributed by atoms with Crippen molar-refractivity contribution >= 4 is 0 Å². The Bertz CT molecular complexity index is 425. The van der Waals surface area contributed by atoms with E-state index in [0.29, 0.717) is 17.8 Å². The van der Waals surface area contributed by atoms with E-state index in [0.717, 1.165) is 32.0 Å². The summed E-state index contributed by atoms with van der Waals surface area (Å²) in [5.74, 6) is 2.13. The number of rotatable bonds is 5. The molecule has 1 saturated heterocycles. The van der Waals surface area contributed by atoms with Crippen molar-refractivity contribution in [3.05, 3.63) is 37.0 Å². The Labute approximate surface area is 128 Å². The van der Waals surface area contributed by atoms with Crippen molar-refractivity contribution < 1.29 is 9.47 Å². The van der Waals surface area contributed by atoms with Crippen molar-refractivity contribution in [3.8, 4) is 0 Å². The Hall–Kier alpha value is -0.860. The number of hydrogen-bond donors (Lipinski definition) is 0. The van der Waals surface area contributed by atoms with Gasteiger partial charge >= 0.3 is 0 Å². The van der Waals surface area contributed by atoms with Crippen LogP contribution in [-0.2, 0) is 9.47 Å². The average Bonchev–Trinajstić information content (AvgIpc) is 2.51. The summed E-state index contributed by atoms with van der Waals surface area (Å²) in [6.07, 6.45) is 16.6. The van der Waals surface area contributed by atoms with E-state index in [9.17, 15) is 0 Å². The van der Waals surface area contributed by atoms with E-state index in [4.69, 9.17) is 9.47 Å². The second-order valence-electron chi connectivity index (χ2n) is 6.75. The van der Waals surface area contributed by atoms with E-state index in [-0.39, 0.29) is 5.79 Å². The third kappa shape index (κ3) is 2.76. The van der Waals surface area contributed by atoms with Crippen LogP contribution in [0.25, 0.3) is 0 Å². The largest absolute Gasteiger partial charge is 0.349 e. The van der Waals surface area contributed by atoms with Crippen molar-refractivity contribution in [1.82, 2.24) is 0 Å². The van der Waals surface area contributed by atoms with E-state index in [1.54, 1.807) is 0 Å². The zero-order valence-corrected chi connectivity index (χ0v) is 13.2. The molecule has 2 nitrogen and oxygen atoms in total. The molecular weight excluding hydrogens is 260 g/mol. The number of hydrogen-bond acceptors (Lipinski definition) is 2. The molecule has 2 fully saturated rings. The van der Waals surface area contributed by atoms with Gasteiger partial charge in [0.1, 0.15) is 0 Å². The molecule has 0 aromatic carbocycles. The van der Waals surface area contributed by atoms with Crippen molar-refractivity contribution in [1.29, 1.82) is 0 Å². The van der Waals surface area contributed by atoms with Crippen LogP contribution >= 0.6 is 0 Å². The highest BCUT2D eigenvalue weighted by Crippen LogP contribution is 2.54. The molecule has 0 amide bonds. The third-order valence-corrected chi connectivity index (χ3v) is 5.58. The van der Waals surface area contributed by atoms with Crippen LogP contribution < -0.4 is 0 Å². The molecule has 0 bridgehead atoms. The van der Waals surface area contributed by atoms with Crippen molar-refractivity contribution in [3.63, 3.8) is 0 Å². The van der Waals surface area contributed by atoms with Gasteiger partial charge in [0.2, 0.25) is 0 Å². The Morgan fingerprint density at radius 2 is 2.29 bits per heavy atom. The molecule has 2 aliphatic carbocycles. The first-order valence-corrected chi connectivity index (χ1v) is 8.50. The first-order chi connectivity index (χ1) is 10.3. The first-order valence-electron chi connectivity index (χ1n) is 8.50. The molecule has 0 spiro atoms. The summed E-state index contributed by atoms with van der Waals surface area (Å²) in [5.41, 5.74) is 0. The predicted octanol–water partition coefficient (Wildman–Crippen LogP) is 4.49. The van der Waals surface area contributed by atoms with Gasteiger partial charge in [0.25, 0.3) is 0 Å². The molecule has 0 N–H and O–H groups in total. The minimum absolute atomic E-state index is 0.335. The first kappa shape index (κ1) is 15.1. The quantitative estimate of drug-likeness (QED) is 0.421. The maximum atomic E-state index is 6.43. The van der Waals surface area contributed by atoms with Gasteiger partial charge < -0.3 is 9.47 Å². The Morgan fingerprint density at radius 3 is 3.14 bits per heavy atom. The van der Waals surface area contributed by atoms with Crippen LogP contribution in [0.5, 0.6) is 0 Å².